The fourth-order valence-corrected chi connectivity index (χ4v) is 2.97. The molecule has 7 heteroatoms. The molecule has 1 saturated heterocycles. The Kier molecular flexibility index (Phi) is 4.65. The molecule has 0 aliphatic carbocycles. The number of hydrogen-bond donors (Lipinski definition) is 1. The fourth-order valence-electron chi connectivity index (χ4n) is 2.97. The average Bonchev–Trinajstić information content (AvgIpc) is 3.12. The Morgan fingerprint density at radius 3 is 2.60 bits per heavy atom. The lowest BCUT2D eigenvalue weighted by molar-refractivity contribution is -0.384. The summed E-state index contributed by atoms with van der Waals surface area (Å²) in [5.74, 6) is -1.14. The van der Waals surface area contributed by atoms with Gasteiger partial charge in [0.05, 0.1) is 10.6 Å². The minimum Gasteiger partial charge on any atom is -0.366 e. The lowest BCUT2D eigenvalue weighted by Crippen LogP contribution is -2.20. The van der Waals surface area contributed by atoms with Crippen LogP contribution >= 0.6 is 0 Å². The third-order valence-electron chi connectivity index (χ3n) is 4.25. The van der Waals surface area contributed by atoms with Gasteiger partial charge in [0, 0.05) is 24.7 Å². The molecule has 0 bridgehead atoms. The van der Waals surface area contributed by atoms with Gasteiger partial charge in [0.15, 0.2) is 0 Å². The molecule has 25 heavy (non-hydrogen) atoms. The summed E-state index contributed by atoms with van der Waals surface area (Å²) in [5.41, 5.74) is 1.37. The summed E-state index contributed by atoms with van der Waals surface area (Å²) >= 11 is 0. The number of aryl methyl sites for hydroxylation is 1. The first-order valence-electron chi connectivity index (χ1n) is 8.06. The zero-order chi connectivity index (χ0) is 18.0. The van der Waals surface area contributed by atoms with Crippen molar-refractivity contribution in [3.8, 4) is 0 Å². The van der Waals surface area contributed by atoms with Gasteiger partial charge in [-0.2, -0.15) is 0 Å². The standard InChI is InChI=1S/C18H18FN3O3/c1-12-4-6-14(19)15(10-12)20-18(23)13-5-7-16(17(11-13)22(24)25)21-8-2-3-9-21/h4-7,10-11H,2-3,8-9H2,1H3,(H,20,23). The second-order valence-corrected chi connectivity index (χ2v) is 6.09. The van der Waals surface area contributed by atoms with Crippen LogP contribution in [0.5, 0.6) is 0 Å². The van der Waals surface area contributed by atoms with E-state index in [0.717, 1.165) is 31.5 Å². The smallest absolute Gasteiger partial charge is 0.293 e. The molecule has 0 unspecified atom stereocenters. The number of nitrogens with zero attached hydrogens (tertiary/aromatic N) is 2. The lowest BCUT2D eigenvalue weighted by atomic mass is 10.1. The number of benzene rings is 2. The van der Waals surface area contributed by atoms with Gasteiger partial charge in [-0.15, -0.1) is 0 Å². The van der Waals surface area contributed by atoms with E-state index >= 15 is 0 Å². The monoisotopic (exact) mass is 343 g/mol. The summed E-state index contributed by atoms with van der Waals surface area (Å²) in [6.45, 7) is 3.31. The van der Waals surface area contributed by atoms with Gasteiger partial charge in [-0.05, 0) is 49.6 Å². The molecule has 0 radical (unpaired) electrons. The van der Waals surface area contributed by atoms with Crippen molar-refractivity contribution in [2.45, 2.75) is 19.8 Å². The number of carbonyl (C=O) groups is 1. The third kappa shape index (κ3) is 3.60. The largest absolute Gasteiger partial charge is 0.366 e. The molecular weight excluding hydrogens is 325 g/mol. The molecule has 130 valence electrons. The minimum absolute atomic E-state index is 0.0521. The minimum atomic E-state index is -0.583. The van der Waals surface area contributed by atoms with Gasteiger partial charge in [0.2, 0.25) is 0 Å². The number of nitro groups is 1. The van der Waals surface area contributed by atoms with Crippen molar-refractivity contribution in [3.05, 3.63) is 63.5 Å². The Morgan fingerprint density at radius 1 is 1.20 bits per heavy atom. The quantitative estimate of drug-likeness (QED) is 0.675. The van der Waals surface area contributed by atoms with Gasteiger partial charge in [-0.3, -0.25) is 14.9 Å². The zero-order valence-electron chi connectivity index (χ0n) is 13.8. The second-order valence-electron chi connectivity index (χ2n) is 6.09. The topological polar surface area (TPSA) is 75.5 Å². The molecule has 1 N–H and O–H groups in total. The molecule has 3 rings (SSSR count). The molecule has 1 heterocycles. The molecule has 1 aliphatic heterocycles. The van der Waals surface area contributed by atoms with Crippen LogP contribution in [0.15, 0.2) is 36.4 Å². The van der Waals surface area contributed by atoms with Crippen LogP contribution in [-0.2, 0) is 0 Å². The van der Waals surface area contributed by atoms with E-state index in [1.165, 1.54) is 24.3 Å². The zero-order valence-corrected chi connectivity index (χ0v) is 13.8. The SMILES string of the molecule is Cc1ccc(F)c(NC(=O)c2ccc(N3CCCC3)c([N+](=O)[O-])c2)c1. The molecule has 0 atom stereocenters. The summed E-state index contributed by atoms with van der Waals surface area (Å²) in [5, 5.41) is 13.9. The molecule has 0 saturated carbocycles. The van der Waals surface area contributed by atoms with Crippen molar-refractivity contribution in [2.75, 3.05) is 23.3 Å². The van der Waals surface area contributed by atoms with Crippen LogP contribution in [-0.4, -0.2) is 23.9 Å². The molecule has 2 aromatic rings. The number of amides is 1. The summed E-state index contributed by atoms with van der Waals surface area (Å²) < 4.78 is 13.8. The predicted molar refractivity (Wildman–Crippen MR) is 93.6 cm³/mol. The Balaban J connectivity index is 1.89. The van der Waals surface area contributed by atoms with Crippen LogP contribution in [0.4, 0.5) is 21.5 Å². The number of nitrogens with one attached hydrogen (secondary N) is 1. The number of anilines is 2. The van der Waals surface area contributed by atoms with Gasteiger partial charge in [0.1, 0.15) is 11.5 Å². The molecule has 0 spiro atoms. The normalized spacial score (nSPS) is 13.8. The third-order valence-corrected chi connectivity index (χ3v) is 4.25. The molecule has 1 fully saturated rings. The Bertz CT molecular complexity index is 832. The van der Waals surface area contributed by atoms with Crippen molar-refractivity contribution in [1.82, 2.24) is 0 Å². The molecule has 6 nitrogen and oxygen atoms in total. The second kappa shape index (κ2) is 6.88. The highest BCUT2D eigenvalue weighted by Gasteiger charge is 2.24. The van der Waals surface area contributed by atoms with Crippen molar-refractivity contribution < 1.29 is 14.1 Å². The van der Waals surface area contributed by atoms with E-state index in [0.29, 0.717) is 5.69 Å². The molecule has 0 aromatic heterocycles. The maximum absolute atomic E-state index is 13.8. The maximum atomic E-state index is 13.8. The van der Waals surface area contributed by atoms with Gasteiger partial charge < -0.3 is 10.2 Å². The van der Waals surface area contributed by atoms with Crippen LogP contribution in [0.25, 0.3) is 0 Å². The van der Waals surface area contributed by atoms with E-state index in [1.54, 1.807) is 19.1 Å². The van der Waals surface area contributed by atoms with Crippen LogP contribution in [0.2, 0.25) is 0 Å². The van der Waals surface area contributed by atoms with Crippen LogP contribution in [0.3, 0.4) is 0 Å². The number of halogens is 1. The van der Waals surface area contributed by atoms with E-state index < -0.39 is 16.6 Å². The number of carbonyl (C=O) groups excluding carboxylic acids is 1. The van der Waals surface area contributed by atoms with Crippen molar-refractivity contribution in [3.63, 3.8) is 0 Å². The molecular formula is C18H18FN3O3. The van der Waals surface area contributed by atoms with E-state index in [-0.39, 0.29) is 16.9 Å². The van der Waals surface area contributed by atoms with Gasteiger partial charge in [0.25, 0.3) is 11.6 Å². The molecule has 2 aromatic carbocycles. The average molecular weight is 343 g/mol. The van der Waals surface area contributed by atoms with Crippen LogP contribution in [0.1, 0.15) is 28.8 Å². The van der Waals surface area contributed by atoms with Gasteiger partial charge in [-0.1, -0.05) is 6.07 Å². The Labute approximate surface area is 144 Å². The van der Waals surface area contributed by atoms with E-state index in [1.807, 2.05) is 4.90 Å². The molecule has 1 aliphatic rings. The van der Waals surface area contributed by atoms with Crippen molar-refractivity contribution in [1.29, 1.82) is 0 Å². The highest BCUT2D eigenvalue weighted by Crippen LogP contribution is 2.32. The van der Waals surface area contributed by atoms with Crippen LogP contribution < -0.4 is 10.2 Å². The van der Waals surface area contributed by atoms with Gasteiger partial charge in [-0.25, -0.2) is 4.39 Å². The van der Waals surface area contributed by atoms with Crippen LogP contribution in [0, 0.1) is 22.9 Å². The summed E-state index contributed by atoms with van der Waals surface area (Å²) in [7, 11) is 0. The predicted octanol–water partition coefficient (Wildman–Crippen LogP) is 3.89. The first kappa shape index (κ1) is 16.9. The van der Waals surface area contributed by atoms with E-state index in [9.17, 15) is 19.3 Å². The summed E-state index contributed by atoms with van der Waals surface area (Å²) in [6.07, 6.45) is 1.98. The Hall–Kier alpha value is -2.96. The summed E-state index contributed by atoms with van der Waals surface area (Å²) in [6, 6.07) is 8.75. The van der Waals surface area contributed by atoms with Gasteiger partial charge >= 0.3 is 0 Å². The first-order valence-corrected chi connectivity index (χ1v) is 8.06. The van der Waals surface area contributed by atoms with E-state index in [4.69, 9.17) is 0 Å². The highest BCUT2D eigenvalue weighted by molar-refractivity contribution is 6.05. The summed E-state index contributed by atoms with van der Waals surface area (Å²) in [4.78, 5) is 25.2. The number of rotatable bonds is 4. The van der Waals surface area contributed by atoms with Crippen molar-refractivity contribution >= 4 is 23.0 Å². The first-order chi connectivity index (χ1) is 12.0. The maximum Gasteiger partial charge on any atom is 0.293 e. The van der Waals surface area contributed by atoms with E-state index in [2.05, 4.69) is 5.32 Å². The van der Waals surface area contributed by atoms with Crippen molar-refractivity contribution in [2.24, 2.45) is 0 Å². The number of nitro benzene ring substituents is 1. The Morgan fingerprint density at radius 2 is 1.92 bits per heavy atom. The number of hydrogen-bond acceptors (Lipinski definition) is 4. The molecule has 1 amide bonds. The highest BCUT2D eigenvalue weighted by atomic mass is 19.1. The lowest BCUT2D eigenvalue weighted by Gasteiger charge is -2.17. The fraction of sp³-hybridized carbons (Fsp3) is 0.278.